The van der Waals surface area contributed by atoms with Crippen LogP contribution in [0.2, 0.25) is 0 Å². The third kappa shape index (κ3) is 2.80. The molecule has 1 aliphatic rings. The molecule has 0 aromatic carbocycles. The SMILES string of the molecule is COC(=O)C1NCC[C@H](O)[C@@H]1O.Cl. The number of esters is 1. The third-order valence-corrected chi connectivity index (χ3v) is 2.00. The number of aliphatic hydroxyl groups excluding tert-OH is 2. The quantitative estimate of drug-likeness (QED) is 0.468. The predicted molar refractivity (Wildman–Crippen MR) is 47.7 cm³/mol. The van der Waals surface area contributed by atoms with Crippen LogP contribution in [0.4, 0.5) is 0 Å². The molecule has 5 nitrogen and oxygen atoms in total. The molecule has 1 fully saturated rings. The molecule has 0 radical (unpaired) electrons. The molecule has 1 unspecified atom stereocenters. The van der Waals surface area contributed by atoms with Gasteiger partial charge in [-0.05, 0) is 13.0 Å². The monoisotopic (exact) mass is 211 g/mol. The minimum absolute atomic E-state index is 0. The Morgan fingerprint density at radius 1 is 1.54 bits per heavy atom. The average molecular weight is 212 g/mol. The van der Waals surface area contributed by atoms with Crippen LogP contribution in [-0.2, 0) is 9.53 Å². The number of aliphatic hydroxyl groups is 2. The van der Waals surface area contributed by atoms with Crippen LogP contribution in [0.3, 0.4) is 0 Å². The van der Waals surface area contributed by atoms with Gasteiger partial charge in [-0.1, -0.05) is 0 Å². The van der Waals surface area contributed by atoms with E-state index < -0.39 is 24.2 Å². The first-order chi connectivity index (χ1) is 5.66. The summed E-state index contributed by atoms with van der Waals surface area (Å²) >= 11 is 0. The molecule has 1 saturated heterocycles. The molecule has 0 aromatic heterocycles. The normalized spacial score (nSPS) is 33.3. The van der Waals surface area contributed by atoms with E-state index in [0.29, 0.717) is 13.0 Å². The fourth-order valence-electron chi connectivity index (χ4n) is 1.25. The number of nitrogens with one attached hydrogen (secondary N) is 1. The molecule has 1 aliphatic heterocycles. The second-order valence-corrected chi connectivity index (χ2v) is 2.80. The van der Waals surface area contributed by atoms with E-state index in [0.717, 1.165) is 0 Å². The van der Waals surface area contributed by atoms with E-state index in [4.69, 9.17) is 0 Å². The molecule has 6 heteroatoms. The lowest BCUT2D eigenvalue weighted by Crippen LogP contribution is -2.56. The Morgan fingerprint density at radius 3 is 2.69 bits per heavy atom. The lowest BCUT2D eigenvalue weighted by molar-refractivity contribution is -0.150. The van der Waals surface area contributed by atoms with Crippen LogP contribution in [0.15, 0.2) is 0 Å². The van der Waals surface area contributed by atoms with Gasteiger partial charge in [0.2, 0.25) is 0 Å². The highest BCUT2D eigenvalue weighted by Crippen LogP contribution is 2.10. The van der Waals surface area contributed by atoms with Crippen molar-refractivity contribution in [2.75, 3.05) is 13.7 Å². The standard InChI is InChI=1S/C7H13NO4.ClH/c1-12-7(11)5-6(10)4(9)2-3-8-5;/h4-6,8-10H,2-3H2,1H3;1H/t4-,5?,6-;/m0./s1. The largest absolute Gasteiger partial charge is 0.468 e. The summed E-state index contributed by atoms with van der Waals surface area (Å²) in [6.45, 7) is 0.512. The summed E-state index contributed by atoms with van der Waals surface area (Å²) in [7, 11) is 1.25. The maximum atomic E-state index is 11.0. The molecule has 3 atom stereocenters. The summed E-state index contributed by atoms with van der Waals surface area (Å²) in [6.07, 6.45) is -1.45. The molecule has 3 N–H and O–H groups in total. The molecule has 0 saturated carbocycles. The maximum Gasteiger partial charge on any atom is 0.325 e. The van der Waals surface area contributed by atoms with Crippen LogP contribution in [0.25, 0.3) is 0 Å². The summed E-state index contributed by atoms with van der Waals surface area (Å²) in [5.74, 6) is -0.541. The van der Waals surface area contributed by atoms with Gasteiger partial charge >= 0.3 is 5.97 Å². The Labute approximate surface area is 82.5 Å². The molecule has 0 bridgehead atoms. The molecule has 0 aliphatic carbocycles. The van der Waals surface area contributed by atoms with E-state index in [-0.39, 0.29) is 12.4 Å². The Morgan fingerprint density at radius 2 is 2.15 bits per heavy atom. The number of methoxy groups -OCH3 is 1. The molecular formula is C7H14ClNO4. The van der Waals surface area contributed by atoms with Gasteiger partial charge in [-0.2, -0.15) is 0 Å². The van der Waals surface area contributed by atoms with Crippen molar-refractivity contribution in [1.29, 1.82) is 0 Å². The first kappa shape index (κ1) is 12.6. The van der Waals surface area contributed by atoms with Crippen molar-refractivity contribution in [3.63, 3.8) is 0 Å². The van der Waals surface area contributed by atoms with E-state index >= 15 is 0 Å². The van der Waals surface area contributed by atoms with Crippen LogP contribution in [0, 0.1) is 0 Å². The van der Waals surface area contributed by atoms with Crippen LogP contribution < -0.4 is 5.32 Å². The maximum absolute atomic E-state index is 11.0. The summed E-state index contributed by atoms with van der Waals surface area (Å²) in [5, 5.41) is 21.3. The molecule has 1 rings (SSSR count). The van der Waals surface area contributed by atoms with E-state index in [9.17, 15) is 15.0 Å². The van der Waals surface area contributed by atoms with Crippen LogP contribution >= 0.6 is 12.4 Å². The van der Waals surface area contributed by atoms with Gasteiger partial charge in [0.05, 0.1) is 13.2 Å². The van der Waals surface area contributed by atoms with Gasteiger partial charge in [0.1, 0.15) is 12.1 Å². The number of piperidine rings is 1. The second-order valence-electron chi connectivity index (χ2n) is 2.80. The molecule has 13 heavy (non-hydrogen) atoms. The first-order valence-corrected chi connectivity index (χ1v) is 3.84. The van der Waals surface area contributed by atoms with Crippen LogP contribution in [-0.4, -0.2) is 48.1 Å². The number of carbonyl (C=O) groups is 1. The van der Waals surface area contributed by atoms with Crippen LogP contribution in [0.1, 0.15) is 6.42 Å². The van der Waals surface area contributed by atoms with Gasteiger partial charge in [0, 0.05) is 0 Å². The Balaban J connectivity index is 0.00000144. The first-order valence-electron chi connectivity index (χ1n) is 3.84. The molecule has 0 aromatic rings. The highest BCUT2D eigenvalue weighted by atomic mass is 35.5. The van der Waals surface area contributed by atoms with E-state index in [1.807, 2.05) is 0 Å². The Bertz CT molecular complexity index is 178. The zero-order chi connectivity index (χ0) is 9.14. The van der Waals surface area contributed by atoms with Crippen molar-refractivity contribution in [2.24, 2.45) is 0 Å². The summed E-state index contributed by atoms with van der Waals surface area (Å²) < 4.78 is 4.44. The van der Waals surface area contributed by atoms with Gasteiger partial charge in [0.15, 0.2) is 0 Å². The minimum atomic E-state index is -1.06. The second kappa shape index (κ2) is 5.39. The number of ether oxygens (including phenoxy) is 1. The highest BCUT2D eigenvalue weighted by Gasteiger charge is 2.35. The van der Waals surface area contributed by atoms with Crippen molar-refractivity contribution >= 4 is 18.4 Å². The lowest BCUT2D eigenvalue weighted by Gasteiger charge is -2.30. The minimum Gasteiger partial charge on any atom is -0.468 e. The van der Waals surface area contributed by atoms with Gasteiger partial charge < -0.3 is 20.3 Å². The summed E-state index contributed by atoms with van der Waals surface area (Å²) in [4.78, 5) is 11.0. The van der Waals surface area contributed by atoms with Crippen LogP contribution in [0.5, 0.6) is 0 Å². The smallest absolute Gasteiger partial charge is 0.325 e. The van der Waals surface area contributed by atoms with E-state index in [2.05, 4.69) is 10.1 Å². The molecule has 1 heterocycles. The van der Waals surface area contributed by atoms with Gasteiger partial charge in [-0.25, -0.2) is 0 Å². The average Bonchev–Trinajstić information content (AvgIpc) is 2.08. The molecule has 0 amide bonds. The number of hydrogen-bond acceptors (Lipinski definition) is 5. The Kier molecular flexibility index (Phi) is 5.24. The topological polar surface area (TPSA) is 78.8 Å². The van der Waals surface area contributed by atoms with E-state index in [1.165, 1.54) is 7.11 Å². The lowest BCUT2D eigenvalue weighted by atomic mass is 9.99. The van der Waals surface area contributed by atoms with Gasteiger partial charge in [0.25, 0.3) is 0 Å². The number of rotatable bonds is 1. The highest BCUT2D eigenvalue weighted by molar-refractivity contribution is 5.85. The van der Waals surface area contributed by atoms with Crippen molar-refractivity contribution < 1.29 is 19.7 Å². The van der Waals surface area contributed by atoms with E-state index in [1.54, 1.807) is 0 Å². The summed E-state index contributed by atoms with van der Waals surface area (Å²) in [6, 6.07) is -0.793. The predicted octanol–water partition coefficient (Wildman–Crippen LogP) is -1.34. The van der Waals surface area contributed by atoms with Crippen molar-refractivity contribution in [2.45, 2.75) is 24.7 Å². The number of carbonyl (C=O) groups excluding carboxylic acids is 1. The van der Waals surface area contributed by atoms with Gasteiger partial charge in [-0.3, -0.25) is 4.79 Å². The zero-order valence-corrected chi connectivity index (χ0v) is 8.08. The summed E-state index contributed by atoms with van der Waals surface area (Å²) in [5.41, 5.74) is 0. The van der Waals surface area contributed by atoms with Crippen molar-refractivity contribution in [1.82, 2.24) is 5.32 Å². The fraction of sp³-hybridized carbons (Fsp3) is 0.857. The number of hydrogen-bond donors (Lipinski definition) is 3. The Hall–Kier alpha value is -0.360. The van der Waals surface area contributed by atoms with Crippen molar-refractivity contribution in [3.05, 3.63) is 0 Å². The molecule has 0 spiro atoms. The third-order valence-electron chi connectivity index (χ3n) is 2.00. The van der Waals surface area contributed by atoms with Gasteiger partial charge in [-0.15, -0.1) is 12.4 Å². The molecule has 78 valence electrons. The van der Waals surface area contributed by atoms with Crippen molar-refractivity contribution in [3.8, 4) is 0 Å². The fourth-order valence-corrected chi connectivity index (χ4v) is 1.25. The number of halogens is 1. The molecular weight excluding hydrogens is 198 g/mol. The zero-order valence-electron chi connectivity index (χ0n) is 7.27.